The summed E-state index contributed by atoms with van der Waals surface area (Å²) in [7, 11) is 0. The minimum atomic E-state index is -0.509. The van der Waals surface area contributed by atoms with Crippen molar-refractivity contribution < 1.29 is 19.1 Å². The molecular formula is C21H23NO4S. The number of anilines is 1. The van der Waals surface area contributed by atoms with Crippen molar-refractivity contribution in [2.24, 2.45) is 0 Å². The second-order valence-corrected chi connectivity index (χ2v) is 7.35. The molecular weight excluding hydrogens is 362 g/mol. The molecule has 0 spiro atoms. The van der Waals surface area contributed by atoms with Crippen LogP contribution in [-0.2, 0) is 4.79 Å². The van der Waals surface area contributed by atoms with Crippen LogP contribution in [0.25, 0.3) is 0 Å². The number of hydrogen-bond donors (Lipinski definition) is 0. The van der Waals surface area contributed by atoms with Crippen molar-refractivity contribution in [3.8, 4) is 11.5 Å². The molecule has 0 aliphatic carbocycles. The number of amides is 1. The maximum Gasteiger partial charge on any atom is 0.268 e. The molecule has 3 rings (SSSR count). The number of benzene rings is 2. The van der Waals surface area contributed by atoms with Crippen LogP contribution in [0.3, 0.4) is 0 Å². The van der Waals surface area contributed by atoms with E-state index < -0.39 is 6.10 Å². The van der Waals surface area contributed by atoms with E-state index in [4.69, 9.17) is 9.47 Å². The van der Waals surface area contributed by atoms with Gasteiger partial charge in [0.05, 0.1) is 6.61 Å². The Morgan fingerprint density at radius 3 is 2.67 bits per heavy atom. The zero-order valence-electron chi connectivity index (χ0n) is 15.5. The van der Waals surface area contributed by atoms with E-state index in [1.807, 2.05) is 31.4 Å². The van der Waals surface area contributed by atoms with E-state index in [1.165, 1.54) is 0 Å². The van der Waals surface area contributed by atoms with Crippen molar-refractivity contribution in [2.75, 3.05) is 30.1 Å². The first kappa shape index (κ1) is 19.3. The monoisotopic (exact) mass is 385 g/mol. The summed E-state index contributed by atoms with van der Waals surface area (Å²) in [6.07, 6.45) is 2.94. The van der Waals surface area contributed by atoms with Gasteiger partial charge < -0.3 is 14.4 Å². The molecule has 27 heavy (non-hydrogen) atoms. The van der Waals surface area contributed by atoms with Crippen LogP contribution < -0.4 is 14.4 Å². The molecule has 142 valence electrons. The van der Waals surface area contributed by atoms with Gasteiger partial charge in [0, 0.05) is 30.0 Å². The lowest BCUT2D eigenvalue weighted by atomic mass is 10.2. The highest BCUT2D eigenvalue weighted by atomic mass is 32.2. The fourth-order valence-corrected chi connectivity index (χ4v) is 3.26. The van der Waals surface area contributed by atoms with Crippen LogP contribution in [0, 0.1) is 6.92 Å². The van der Waals surface area contributed by atoms with Gasteiger partial charge in [-0.05, 0) is 61.2 Å². The highest BCUT2D eigenvalue weighted by Crippen LogP contribution is 2.29. The molecule has 0 bridgehead atoms. The van der Waals surface area contributed by atoms with Gasteiger partial charge in [-0.2, -0.15) is 11.8 Å². The van der Waals surface area contributed by atoms with Crippen molar-refractivity contribution in [2.45, 2.75) is 19.4 Å². The first-order valence-corrected chi connectivity index (χ1v) is 10.3. The summed E-state index contributed by atoms with van der Waals surface area (Å²) in [6, 6.07) is 12.6. The number of rotatable bonds is 8. The summed E-state index contributed by atoms with van der Waals surface area (Å²) in [5, 5.41) is 0. The van der Waals surface area contributed by atoms with Crippen LogP contribution in [0.1, 0.15) is 22.3 Å². The number of hydrogen-bond acceptors (Lipinski definition) is 5. The summed E-state index contributed by atoms with van der Waals surface area (Å²) < 4.78 is 11.6. The second-order valence-electron chi connectivity index (χ2n) is 6.36. The number of ether oxygens (including phenoxy) is 2. The third-order valence-corrected chi connectivity index (χ3v) is 5.04. The molecule has 1 aliphatic heterocycles. The Kier molecular flexibility index (Phi) is 6.40. The zero-order chi connectivity index (χ0) is 19.2. The van der Waals surface area contributed by atoms with Gasteiger partial charge in [-0.3, -0.25) is 9.59 Å². The predicted octanol–water partition coefficient (Wildman–Crippen LogP) is 3.73. The molecule has 0 saturated carbocycles. The fourth-order valence-electron chi connectivity index (χ4n) is 3.01. The quantitative estimate of drug-likeness (QED) is 0.512. The summed E-state index contributed by atoms with van der Waals surface area (Å²) in [4.78, 5) is 25.2. The van der Waals surface area contributed by atoms with E-state index in [2.05, 4.69) is 0 Å². The first-order chi connectivity index (χ1) is 13.1. The highest BCUT2D eigenvalue weighted by Gasteiger charge is 2.34. The smallest absolute Gasteiger partial charge is 0.268 e. The van der Waals surface area contributed by atoms with Crippen LogP contribution in [-0.4, -0.2) is 43.5 Å². The molecule has 6 heteroatoms. The van der Waals surface area contributed by atoms with Crippen LogP contribution >= 0.6 is 11.8 Å². The largest absolute Gasteiger partial charge is 0.492 e. The average molecular weight is 385 g/mol. The Bertz CT molecular complexity index is 806. The molecule has 0 radical (unpaired) electrons. The number of aldehydes is 1. The number of aryl methyl sites for hydroxylation is 1. The standard InChI is InChI=1S/C21H23NO4S/c1-15-13-17(5-8-19(15)25-11-12-27-2)22-10-9-20(21(22)24)26-18-6-3-16(14-23)4-7-18/h3-8,13-14,20H,9-12H2,1-2H3. The van der Waals surface area contributed by atoms with E-state index >= 15 is 0 Å². The van der Waals surface area contributed by atoms with Crippen molar-refractivity contribution in [3.63, 3.8) is 0 Å². The molecule has 2 aromatic rings. The lowest BCUT2D eigenvalue weighted by Crippen LogP contribution is -2.32. The van der Waals surface area contributed by atoms with E-state index in [-0.39, 0.29) is 5.91 Å². The SMILES string of the molecule is CSCCOc1ccc(N2CCC(Oc3ccc(C=O)cc3)C2=O)cc1C. The molecule has 1 amide bonds. The van der Waals surface area contributed by atoms with Crippen molar-refractivity contribution in [1.82, 2.24) is 0 Å². The van der Waals surface area contributed by atoms with Crippen LogP contribution in [0.5, 0.6) is 11.5 Å². The summed E-state index contributed by atoms with van der Waals surface area (Å²) >= 11 is 1.74. The normalized spacial score (nSPS) is 16.4. The van der Waals surface area contributed by atoms with Gasteiger partial charge in [0.1, 0.15) is 17.8 Å². The number of nitrogens with zero attached hydrogens (tertiary/aromatic N) is 1. The maximum atomic E-state index is 12.8. The molecule has 1 fully saturated rings. The number of carbonyl (C=O) groups is 2. The van der Waals surface area contributed by atoms with E-state index in [1.54, 1.807) is 40.9 Å². The van der Waals surface area contributed by atoms with Gasteiger partial charge in [-0.1, -0.05) is 0 Å². The highest BCUT2D eigenvalue weighted by molar-refractivity contribution is 7.98. The number of carbonyl (C=O) groups excluding carboxylic acids is 2. The molecule has 1 atom stereocenters. The minimum absolute atomic E-state index is 0.0510. The van der Waals surface area contributed by atoms with Crippen LogP contribution in [0.2, 0.25) is 0 Å². The van der Waals surface area contributed by atoms with Crippen LogP contribution in [0.15, 0.2) is 42.5 Å². The lowest BCUT2D eigenvalue weighted by Gasteiger charge is -2.19. The van der Waals surface area contributed by atoms with E-state index in [0.717, 1.165) is 29.0 Å². The average Bonchev–Trinajstić information content (AvgIpc) is 3.04. The fraction of sp³-hybridized carbons (Fsp3) is 0.333. The van der Waals surface area contributed by atoms with Gasteiger partial charge in [0.25, 0.3) is 5.91 Å². The maximum absolute atomic E-state index is 12.8. The minimum Gasteiger partial charge on any atom is -0.492 e. The molecule has 0 N–H and O–H groups in total. The Morgan fingerprint density at radius 1 is 1.22 bits per heavy atom. The first-order valence-electron chi connectivity index (χ1n) is 8.88. The van der Waals surface area contributed by atoms with Gasteiger partial charge in [-0.25, -0.2) is 0 Å². The van der Waals surface area contributed by atoms with E-state index in [0.29, 0.717) is 30.9 Å². The Morgan fingerprint density at radius 2 is 2.00 bits per heavy atom. The summed E-state index contributed by atoms with van der Waals surface area (Å²) in [5.41, 5.74) is 2.45. The molecule has 0 aromatic heterocycles. The molecule has 1 aliphatic rings. The van der Waals surface area contributed by atoms with E-state index in [9.17, 15) is 9.59 Å². The molecule has 2 aromatic carbocycles. The Hall–Kier alpha value is -2.47. The molecule has 1 saturated heterocycles. The molecule has 1 heterocycles. The van der Waals surface area contributed by atoms with Crippen LogP contribution in [0.4, 0.5) is 5.69 Å². The molecule has 5 nitrogen and oxygen atoms in total. The number of thioether (sulfide) groups is 1. The predicted molar refractivity (Wildman–Crippen MR) is 108 cm³/mol. The van der Waals surface area contributed by atoms with Crippen molar-refractivity contribution in [3.05, 3.63) is 53.6 Å². The topological polar surface area (TPSA) is 55.8 Å². The third-order valence-electron chi connectivity index (χ3n) is 4.47. The van der Waals surface area contributed by atoms with Gasteiger partial charge in [0.15, 0.2) is 6.10 Å². The summed E-state index contributed by atoms with van der Waals surface area (Å²) in [5.74, 6) is 2.33. The summed E-state index contributed by atoms with van der Waals surface area (Å²) in [6.45, 7) is 3.27. The Labute approximate surface area is 163 Å². The third kappa shape index (κ3) is 4.63. The van der Waals surface area contributed by atoms with Gasteiger partial charge in [0.2, 0.25) is 0 Å². The zero-order valence-corrected chi connectivity index (χ0v) is 16.3. The second kappa shape index (κ2) is 8.95. The van der Waals surface area contributed by atoms with Crippen molar-refractivity contribution >= 4 is 29.6 Å². The van der Waals surface area contributed by atoms with Gasteiger partial charge in [-0.15, -0.1) is 0 Å². The molecule has 1 unspecified atom stereocenters. The Balaban J connectivity index is 1.65. The lowest BCUT2D eigenvalue weighted by molar-refractivity contribution is -0.122. The van der Waals surface area contributed by atoms with Crippen molar-refractivity contribution in [1.29, 1.82) is 0 Å². The van der Waals surface area contributed by atoms with Gasteiger partial charge >= 0.3 is 0 Å².